The van der Waals surface area contributed by atoms with E-state index in [1.807, 2.05) is 19.0 Å². The molecule has 0 fully saturated rings. The van der Waals surface area contributed by atoms with Crippen molar-refractivity contribution in [1.29, 1.82) is 0 Å². The maximum Gasteiger partial charge on any atom is 0.210 e. The zero-order chi connectivity index (χ0) is 16.2. The molecule has 1 aliphatic carbocycles. The minimum Gasteiger partial charge on any atom is -0.333 e. The van der Waals surface area contributed by atoms with Crippen molar-refractivity contribution in [1.82, 2.24) is 9.80 Å². The van der Waals surface area contributed by atoms with E-state index in [1.54, 1.807) is 0 Å². The monoisotopic (exact) mass is 308 g/mol. The smallest absolute Gasteiger partial charge is 0.210 e. The summed E-state index contributed by atoms with van der Waals surface area (Å²) in [7, 11) is 4.08. The van der Waals surface area contributed by atoms with Gasteiger partial charge in [0.2, 0.25) is 6.41 Å². The Labute approximate surface area is 138 Å². The highest BCUT2D eigenvalue weighted by molar-refractivity contribution is 5.54. The van der Waals surface area contributed by atoms with Crippen molar-refractivity contribution in [3.63, 3.8) is 0 Å². The molecule has 0 saturated heterocycles. The van der Waals surface area contributed by atoms with E-state index in [9.17, 15) is 4.79 Å². The molecular weight excluding hydrogens is 284 g/mol. The second kappa shape index (κ2) is 6.97. The van der Waals surface area contributed by atoms with Gasteiger partial charge in [0.15, 0.2) is 0 Å². The maximum atomic E-state index is 11.9. The molecule has 1 amide bonds. The zero-order valence-electron chi connectivity index (χ0n) is 13.9. The van der Waals surface area contributed by atoms with Crippen LogP contribution in [0.5, 0.6) is 0 Å². The Bertz CT molecular complexity index is 633. The van der Waals surface area contributed by atoms with Crippen LogP contribution in [0.25, 0.3) is 0 Å². The van der Waals surface area contributed by atoms with Crippen LogP contribution in [0.2, 0.25) is 0 Å². The third-order valence-corrected chi connectivity index (χ3v) is 4.64. The van der Waals surface area contributed by atoms with Gasteiger partial charge in [-0.2, -0.15) is 0 Å². The van der Waals surface area contributed by atoms with Crippen LogP contribution < -0.4 is 0 Å². The van der Waals surface area contributed by atoms with Crippen LogP contribution in [-0.2, 0) is 17.6 Å². The molecule has 23 heavy (non-hydrogen) atoms. The van der Waals surface area contributed by atoms with Gasteiger partial charge in [-0.05, 0) is 49.2 Å². The lowest BCUT2D eigenvalue weighted by Crippen LogP contribution is -2.35. The summed E-state index contributed by atoms with van der Waals surface area (Å²) in [6.07, 6.45) is 3.07. The number of amides is 1. The number of nitrogens with zero attached hydrogens (tertiary/aromatic N) is 2. The van der Waals surface area contributed by atoms with Gasteiger partial charge in [0.05, 0.1) is 6.04 Å². The predicted molar refractivity (Wildman–Crippen MR) is 93.5 cm³/mol. The average molecular weight is 308 g/mol. The van der Waals surface area contributed by atoms with E-state index in [4.69, 9.17) is 0 Å². The van der Waals surface area contributed by atoms with E-state index in [0.29, 0.717) is 0 Å². The molecule has 2 aromatic carbocycles. The molecule has 0 saturated carbocycles. The average Bonchev–Trinajstić information content (AvgIpc) is 2.73. The van der Waals surface area contributed by atoms with E-state index < -0.39 is 0 Å². The fraction of sp³-hybridized carbons (Fsp3) is 0.350. The molecule has 0 spiro atoms. The van der Waals surface area contributed by atoms with Gasteiger partial charge in [-0.1, -0.05) is 48.5 Å². The highest BCUT2D eigenvalue weighted by atomic mass is 16.1. The first kappa shape index (κ1) is 15.8. The first-order valence-corrected chi connectivity index (χ1v) is 8.22. The fourth-order valence-corrected chi connectivity index (χ4v) is 3.41. The molecule has 3 heteroatoms. The highest BCUT2D eigenvalue weighted by Crippen LogP contribution is 2.35. The van der Waals surface area contributed by atoms with Gasteiger partial charge >= 0.3 is 0 Å². The number of rotatable bonds is 5. The second-order valence-electron chi connectivity index (χ2n) is 6.45. The van der Waals surface area contributed by atoms with Crippen LogP contribution in [0.15, 0.2) is 48.5 Å². The minimum absolute atomic E-state index is 0.0161. The van der Waals surface area contributed by atoms with Gasteiger partial charge in [-0.3, -0.25) is 4.79 Å². The molecule has 3 rings (SSSR count). The lowest BCUT2D eigenvalue weighted by atomic mass is 9.93. The van der Waals surface area contributed by atoms with Crippen molar-refractivity contribution in [3.05, 3.63) is 70.8 Å². The molecular formula is C20H24N2O. The Kier molecular flexibility index (Phi) is 4.77. The Balaban J connectivity index is 2.07. The number of hydrogen-bond acceptors (Lipinski definition) is 2. The number of aryl methyl sites for hydroxylation is 2. The van der Waals surface area contributed by atoms with Crippen molar-refractivity contribution < 1.29 is 4.79 Å². The van der Waals surface area contributed by atoms with Crippen LogP contribution in [0, 0.1) is 0 Å². The molecule has 0 aromatic heterocycles. The fourth-order valence-electron chi connectivity index (χ4n) is 3.41. The quantitative estimate of drug-likeness (QED) is 0.793. The van der Waals surface area contributed by atoms with E-state index >= 15 is 0 Å². The summed E-state index contributed by atoms with van der Waals surface area (Å²) >= 11 is 0. The van der Waals surface area contributed by atoms with Crippen molar-refractivity contribution in [2.45, 2.75) is 18.9 Å². The third kappa shape index (κ3) is 3.30. The van der Waals surface area contributed by atoms with Crippen molar-refractivity contribution in [2.24, 2.45) is 0 Å². The van der Waals surface area contributed by atoms with Crippen molar-refractivity contribution in [2.75, 3.05) is 27.2 Å². The number of carbonyl (C=O) groups is 1. The van der Waals surface area contributed by atoms with Crippen LogP contribution >= 0.6 is 0 Å². The van der Waals surface area contributed by atoms with Crippen LogP contribution in [0.4, 0.5) is 0 Å². The van der Waals surface area contributed by atoms with Crippen LogP contribution in [0.3, 0.4) is 0 Å². The van der Waals surface area contributed by atoms with Gasteiger partial charge < -0.3 is 9.80 Å². The summed E-state index contributed by atoms with van der Waals surface area (Å²) in [4.78, 5) is 15.9. The highest BCUT2D eigenvalue weighted by Gasteiger charge is 2.27. The summed E-state index contributed by atoms with van der Waals surface area (Å²) < 4.78 is 0. The number of likely N-dealkylation sites (N-methyl/N-ethyl adjacent to an activating group) is 1. The Hall–Kier alpha value is -2.13. The first-order valence-electron chi connectivity index (χ1n) is 8.22. The summed E-state index contributed by atoms with van der Waals surface area (Å²) in [5.74, 6) is 0. The third-order valence-electron chi connectivity index (χ3n) is 4.64. The number of hydrogen-bond donors (Lipinski definition) is 0. The van der Waals surface area contributed by atoms with E-state index in [-0.39, 0.29) is 6.04 Å². The molecule has 0 aliphatic heterocycles. The SMILES string of the molecule is CN(C)CCN(C=O)C1c2ccccc2CCc2ccccc21. The Morgan fingerprint density at radius 3 is 1.91 bits per heavy atom. The van der Waals surface area contributed by atoms with E-state index in [1.165, 1.54) is 22.3 Å². The molecule has 0 bridgehead atoms. The minimum atomic E-state index is 0.0161. The largest absolute Gasteiger partial charge is 0.333 e. The summed E-state index contributed by atoms with van der Waals surface area (Å²) in [6.45, 7) is 1.59. The van der Waals surface area contributed by atoms with Crippen LogP contribution in [-0.4, -0.2) is 43.4 Å². The molecule has 1 aliphatic rings. The van der Waals surface area contributed by atoms with Gasteiger partial charge in [0, 0.05) is 13.1 Å². The summed E-state index contributed by atoms with van der Waals surface area (Å²) in [6, 6.07) is 17.1. The van der Waals surface area contributed by atoms with Gasteiger partial charge in [0.25, 0.3) is 0 Å². The van der Waals surface area contributed by atoms with Gasteiger partial charge in [-0.25, -0.2) is 0 Å². The van der Waals surface area contributed by atoms with E-state index in [2.05, 4.69) is 53.4 Å². The predicted octanol–water partition coefficient (Wildman–Crippen LogP) is 2.89. The molecule has 2 aromatic rings. The molecule has 0 radical (unpaired) electrons. The standard InChI is InChI=1S/C20H24N2O/c1-21(2)13-14-22(15-23)20-18-9-5-3-7-16(18)11-12-17-8-4-6-10-19(17)20/h3-10,15,20H,11-14H2,1-2H3. The van der Waals surface area contributed by atoms with Crippen molar-refractivity contribution in [3.8, 4) is 0 Å². The number of fused-ring (bicyclic) bond motifs is 2. The number of benzene rings is 2. The lowest BCUT2D eigenvalue weighted by Gasteiger charge is -2.31. The Morgan fingerprint density at radius 2 is 1.43 bits per heavy atom. The number of carbonyl (C=O) groups excluding carboxylic acids is 1. The molecule has 3 nitrogen and oxygen atoms in total. The summed E-state index contributed by atoms with van der Waals surface area (Å²) in [5, 5.41) is 0. The van der Waals surface area contributed by atoms with Gasteiger partial charge in [0.1, 0.15) is 0 Å². The van der Waals surface area contributed by atoms with E-state index in [0.717, 1.165) is 32.3 Å². The maximum absolute atomic E-state index is 11.9. The first-order chi connectivity index (χ1) is 11.2. The van der Waals surface area contributed by atoms with Gasteiger partial charge in [-0.15, -0.1) is 0 Å². The summed E-state index contributed by atoms with van der Waals surface area (Å²) in [5.41, 5.74) is 5.24. The molecule has 0 atom stereocenters. The Morgan fingerprint density at radius 1 is 0.913 bits per heavy atom. The lowest BCUT2D eigenvalue weighted by molar-refractivity contribution is -0.119. The second-order valence-corrected chi connectivity index (χ2v) is 6.45. The topological polar surface area (TPSA) is 23.6 Å². The molecule has 120 valence electrons. The van der Waals surface area contributed by atoms with Crippen LogP contribution in [0.1, 0.15) is 28.3 Å². The molecule has 0 N–H and O–H groups in total. The van der Waals surface area contributed by atoms with Crippen molar-refractivity contribution >= 4 is 6.41 Å². The molecule has 0 unspecified atom stereocenters. The molecule has 0 heterocycles. The normalized spacial score (nSPS) is 14.0. The zero-order valence-corrected chi connectivity index (χ0v) is 13.9.